The SMILES string of the molecule is COCCN1Cc2c(N)ccc(Cl)c2C1=O. The first kappa shape index (κ1) is 11.2. The number of carbonyl (C=O) groups excluding carboxylic acids is 1. The van der Waals surface area contributed by atoms with E-state index in [9.17, 15) is 4.79 Å². The molecule has 1 aromatic carbocycles. The lowest BCUT2D eigenvalue weighted by Crippen LogP contribution is -2.27. The maximum atomic E-state index is 12.0. The summed E-state index contributed by atoms with van der Waals surface area (Å²) < 4.78 is 4.95. The first-order valence-corrected chi connectivity index (χ1v) is 5.38. The van der Waals surface area contributed by atoms with Gasteiger partial charge in [0, 0.05) is 31.5 Å². The number of fused-ring (bicyclic) bond motifs is 1. The molecule has 0 saturated carbocycles. The van der Waals surface area contributed by atoms with Crippen LogP contribution in [0.15, 0.2) is 12.1 Å². The van der Waals surface area contributed by atoms with Crippen LogP contribution in [0.3, 0.4) is 0 Å². The maximum Gasteiger partial charge on any atom is 0.256 e. The molecule has 1 heterocycles. The third-order valence-corrected chi connectivity index (χ3v) is 3.03. The molecule has 4 nitrogen and oxygen atoms in total. The molecule has 1 amide bonds. The number of anilines is 1. The van der Waals surface area contributed by atoms with Gasteiger partial charge in [0.05, 0.1) is 17.2 Å². The Kier molecular flexibility index (Phi) is 3.03. The zero-order valence-electron chi connectivity index (χ0n) is 9.00. The van der Waals surface area contributed by atoms with E-state index in [0.717, 1.165) is 5.56 Å². The Morgan fingerprint density at radius 1 is 1.56 bits per heavy atom. The van der Waals surface area contributed by atoms with Gasteiger partial charge in [0.2, 0.25) is 0 Å². The summed E-state index contributed by atoms with van der Waals surface area (Å²) in [5, 5.41) is 0.467. The number of halogens is 1. The van der Waals surface area contributed by atoms with E-state index in [1.54, 1.807) is 24.1 Å². The average molecular weight is 241 g/mol. The highest BCUT2D eigenvalue weighted by molar-refractivity contribution is 6.34. The fourth-order valence-electron chi connectivity index (χ4n) is 1.84. The molecule has 0 fully saturated rings. The highest BCUT2D eigenvalue weighted by Gasteiger charge is 2.30. The van der Waals surface area contributed by atoms with Gasteiger partial charge in [0.1, 0.15) is 0 Å². The van der Waals surface area contributed by atoms with Gasteiger partial charge in [-0.15, -0.1) is 0 Å². The zero-order chi connectivity index (χ0) is 11.7. The molecule has 16 heavy (non-hydrogen) atoms. The van der Waals surface area contributed by atoms with Gasteiger partial charge in [0.15, 0.2) is 0 Å². The normalized spacial score (nSPS) is 14.4. The van der Waals surface area contributed by atoms with Crippen LogP contribution in [0.2, 0.25) is 5.02 Å². The fraction of sp³-hybridized carbons (Fsp3) is 0.364. The molecule has 0 aromatic heterocycles. The Balaban J connectivity index is 2.31. The Bertz CT molecular complexity index is 434. The van der Waals surface area contributed by atoms with Crippen molar-refractivity contribution in [1.82, 2.24) is 4.90 Å². The number of ether oxygens (including phenoxy) is 1. The standard InChI is InChI=1S/C11H13ClN2O2/c1-16-5-4-14-6-7-9(13)3-2-8(12)10(7)11(14)15/h2-3H,4-6,13H2,1H3. The lowest BCUT2D eigenvalue weighted by Gasteiger charge is -2.14. The number of carbonyl (C=O) groups is 1. The number of nitrogens with two attached hydrogens (primary N) is 1. The third-order valence-electron chi connectivity index (χ3n) is 2.71. The summed E-state index contributed by atoms with van der Waals surface area (Å²) in [6.07, 6.45) is 0. The molecule has 5 heteroatoms. The molecule has 1 aliphatic heterocycles. The summed E-state index contributed by atoms with van der Waals surface area (Å²) in [6, 6.07) is 3.39. The van der Waals surface area contributed by atoms with Crippen LogP contribution < -0.4 is 5.73 Å². The highest BCUT2D eigenvalue weighted by atomic mass is 35.5. The molecular formula is C11H13ClN2O2. The van der Waals surface area contributed by atoms with E-state index in [1.165, 1.54) is 0 Å². The minimum absolute atomic E-state index is 0.0654. The Labute approximate surface area is 98.9 Å². The van der Waals surface area contributed by atoms with Gasteiger partial charge in [-0.1, -0.05) is 11.6 Å². The molecule has 0 spiro atoms. The van der Waals surface area contributed by atoms with Crippen molar-refractivity contribution >= 4 is 23.2 Å². The van der Waals surface area contributed by atoms with Crippen molar-refractivity contribution in [3.8, 4) is 0 Å². The van der Waals surface area contributed by atoms with Crippen LogP contribution in [0.1, 0.15) is 15.9 Å². The van der Waals surface area contributed by atoms with Crippen LogP contribution in [0.5, 0.6) is 0 Å². The number of amides is 1. The molecule has 0 unspecified atom stereocenters. The number of hydrogen-bond acceptors (Lipinski definition) is 3. The number of hydrogen-bond donors (Lipinski definition) is 1. The summed E-state index contributed by atoms with van der Waals surface area (Å²) in [5.74, 6) is -0.0654. The largest absolute Gasteiger partial charge is 0.398 e. The molecule has 1 aliphatic rings. The predicted octanol–water partition coefficient (Wildman–Crippen LogP) is 1.52. The second-order valence-electron chi connectivity index (χ2n) is 3.71. The van der Waals surface area contributed by atoms with Crippen LogP contribution in [0, 0.1) is 0 Å². The minimum atomic E-state index is -0.0654. The topological polar surface area (TPSA) is 55.6 Å². The van der Waals surface area contributed by atoms with Gasteiger partial charge >= 0.3 is 0 Å². The van der Waals surface area contributed by atoms with Crippen molar-refractivity contribution in [3.63, 3.8) is 0 Å². The molecule has 2 N–H and O–H groups in total. The zero-order valence-corrected chi connectivity index (χ0v) is 9.75. The molecule has 2 rings (SSSR count). The van der Waals surface area contributed by atoms with Crippen LogP contribution in [-0.4, -0.2) is 31.1 Å². The van der Waals surface area contributed by atoms with Crippen LogP contribution in [0.4, 0.5) is 5.69 Å². The highest BCUT2D eigenvalue weighted by Crippen LogP contribution is 2.32. The molecule has 0 radical (unpaired) electrons. The molecule has 0 atom stereocenters. The lowest BCUT2D eigenvalue weighted by atomic mass is 10.1. The van der Waals surface area contributed by atoms with Gasteiger partial charge in [-0.05, 0) is 12.1 Å². The quantitative estimate of drug-likeness (QED) is 0.816. The lowest BCUT2D eigenvalue weighted by molar-refractivity contribution is 0.0719. The third kappa shape index (κ3) is 1.74. The number of benzene rings is 1. The van der Waals surface area contributed by atoms with Crippen molar-refractivity contribution in [2.24, 2.45) is 0 Å². The summed E-state index contributed by atoms with van der Waals surface area (Å²) in [6.45, 7) is 1.58. The van der Waals surface area contributed by atoms with Gasteiger partial charge in [0.25, 0.3) is 5.91 Å². The maximum absolute atomic E-state index is 12.0. The van der Waals surface area contributed by atoms with Gasteiger partial charge in [-0.25, -0.2) is 0 Å². The van der Waals surface area contributed by atoms with E-state index >= 15 is 0 Å². The van der Waals surface area contributed by atoms with Crippen LogP contribution in [0.25, 0.3) is 0 Å². The number of rotatable bonds is 3. The van der Waals surface area contributed by atoms with Crippen molar-refractivity contribution in [2.75, 3.05) is 26.0 Å². The second-order valence-corrected chi connectivity index (χ2v) is 4.12. The Morgan fingerprint density at radius 2 is 2.31 bits per heavy atom. The van der Waals surface area contributed by atoms with E-state index in [4.69, 9.17) is 22.1 Å². The number of methoxy groups -OCH3 is 1. The summed E-state index contributed by atoms with van der Waals surface area (Å²) >= 11 is 6.00. The minimum Gasteiger partial charge on any atom is -0.398 e. The molecule has 1 aromatic rings. The van der Waals surface area contributed by atoms with Crippen LogP contribution >= 0.6 is 11.6 Å². The Hall–Kier alpha value is -1.26. The summed E-state index contributed by atoms with van der Waals surface area (Å²) in [7, 11) is 1.61. The van der Waals surface area contributed by atoms with Crippen molar-refractivity contribution in [1.29, 1.82) is 0 Å². The second kappa shape index (κ2) is 4.31. The molecular weight excluding hydrogens is 228 g/mol. The first-order chi connectivity index (χ1) is 7.65. The molecule has 0 saturated heterocycles. The van der Waals surface area contributed by atoms with Crippen molar-refractivity contribution < 1.29 is 9.53 Å². The van der Waals surface area contributed by atoms with Crippen molar-refractivity contribution in [3.05, 3.63) is 28.3 Å². The fourth-order valence-corrected chi connectivity index (χ4v) is 2.10. The summed E-state index contributed by atoms with van der Waals surface area (Å²) in [5.41, 5.74) is 7.81. The van der Waals surface area contributed by atoms with Crippen molar-refractivity contribution in [2.45, 2.75) is 6.54 Å². The van der Waals surface area contributed by atoms with Gasteiger partial charge in [-0.2, -0.15) is 0 Å². The number of nitrogens with zero attached hydrogens (tertiary/aromatic N) is 1. The van der Waals surface area contributed by atoms with E-state index in [2.05, 4.69) is 0 Å². The summed E-state index contributed by atoms with van der Waals surface area (Å²) in [4.78, 5) is 13.7. The monoisotopic (exact) mass is 240 g/mol. The Morgan fingerprint density at radius 3 is 2.94 bits per heavy atom. The molecule has 0 bridgehead atoms. The predicted molar refractivity (Wildman–Crippen MR) is 62.5 cm³/mol. The molecule has 86 valence electrons. The average Bonchev–Trinajstić information content (AvgIpc) is 2.60. The molecule has 0 aliphatic carbocycles. The van der Waals surface area contributed by atoms with Crippen LogP contribution in [-0.2, 0) is 11.3 Å². The van der Waals surface area contributed by atoms with Gasteiger partial charge in [-0.3, -0.25) is 4.79 Å². The van der Waals surface area contributed by atoms with E-state index < -0.39 is 0 Å². The van der Waals surface area contributed by atoms with E-state index in [1.807, 2.05) is 0 Å². The number of nitrogen functional groups attached to an aromatic ring is 1. The smallest absolute Gasteiger partial charge is 0.256 e. The van der Waals surface area contributed by atoms with Gasteiger partial charge < -0.3 is 15.4 Å². The van der Waals surface area contributed by atoms with E-state index in [0.29, 0.717) is 36.0 Å². The van der Waals surface area contributed by atoms with E-state index in [-0.39, 0.29) is 5.91 Å². The first-order valence-electron chi connectivity index (χ1n) is 5.00.